The molecule has 0 aliphatic heterocycles. The number of pyridine rings is 1. The lowest BCUT2D eigenvalue weighted by Crippen LogP contribution is -2.15. The summed E-state index contributed by atoms with van der Waals surface area (Å²) < 4.78 is 4.85. The molecule has 8 aromatic carbocycles. The maximum absolute atomic E-state index is 5.47. The monoisotopic (exact) mass is 753 g/mol. The third-order valence-corrected chi connectivity index (χ3v) is 12.7. The molecule has 3 heteroatoms. The number of aromatic nitrogens is 3. The van der Waals surface area contributed by atoms with Crippen molar-refractivity contribution in [3.05, 3.63) is 211 Å². The fourth-order valence-corrected chi connectivity index (χ4v) is 9.83. The molecule has 1 aliphatic carbocycles. The van der Waals surface area contributed by atoms with Gasteiger partial charge in [-0.15, -0.1) is 0 Å². The van der Waals surface area contributed by atoms with Crippen molar-refractivity contribution in [1.29, 1.82) is 0 Å². The minimum Gasteiger partial charge on any atom is -0.309 e. The highest BCUT2D eigenvalue weighted by molar-refractivity contribution is 6.19. The lowest BCUT2D eigenvalue weighted by molar-refractivity contribution is 0.660. The molecule has 11 aromatic rings. The van der Waals surface area contributed by atoms with E-state index in [1.54, 1.807) is 0 Å². The van der Waals surface area contributed by atoms with Crippen LogP contribution in [0.4, 0.5) is 0 Å². The summed E-state index contributed by atoms with van der Waals surface area (Å²) in [6.07, 6.45) is 0. The Morgan fingerprint density at radius 2 is 0.898 bits per heavy atom. The van der Waals surface area contributed by atoms with Crippen molar-refractivity contribution >= 4 is 43.6 Å². The summed E-state index contributed by atoms with van der Waals surface area (Å²) in [4.78, 5) is 5.47. The average molecular weight is 754 g/mol. The minimum absolute atomic E-state index is 0.102. The zero-order valence-electron chi connectivity index (χ0n) is 32.9. The summed E-state index contributed by atoms with van der Waals surface area (Å²) in [5.41, 5.74) is 17.8. The number of rotatable bonds is 5. The molecule has 0 radical (unpaired) electrons. The van der Waals surface area contributed by atoms with Gasteiger partial charge in [0.15, 0.2) is 0 Å². The van der Waals surface area contributed by atoms with Gasteiger partial charge in [-0.1, -0.05) is 166 Å². The van der Waals surface area contributed by atoms with Crippen molar-refractivity contribution in [3.8, 4) is 56.1 Å². The number of hydrogen-bond donors (Lipinski definition) is 0. The van der Waals surface area contributed by atoms with Gasteiger partial charge in [-0.3, -0.25) is 4.57 Å². The Balaban J connectivity index is 1.11. The van der Waals surface area contributed by atoms with Gasteiger partial charge in [-0.05, 0) is 93.0 Å². The predicted octanol–water partition coefficient (Wildman–Crippen LogP) is 14.6. The van der Waals surface area contributed by atoms with E-state index in [2.05, 4.69) is 223 Å². The molecule has 59 heavy (non-hydrogen) atoms. The summed E-state index contributed by atoms with van der Waals surface area (Å²) in [6, 6.07) is 72.9. The smallest absolute Gasteiger partial charge is 0.138 e. The van der Waals surface area contributed by atoms with Gasteiger partial charge in [-0.2, -0.15) is 0 Å². The normalized spacial score (nSPS) is 13.1. The van der Waals surface area contributed by atoms with Gasteiger partial charge in [0.25, 0.3) is 0 Å². The first kappa shape index (κ1) is 33.6. The van der Waals surface area contributed by atoms with Gasteiger partial charge in [-0.25, -0.2) is 4.98 Å². The van der Waals surface area contributed by atoms with Crippen LogP contribution < -0.4 is 0 Å². The highest BCUT2D eigenvalue weighted by atomic mass is 15.1. The van der Waals surface area contributed by atoms with E-state index in [4.69, 9.17) is 4.98 Å². The molecule has 0 bridgehead atoms. The van der Waals surface area contributed by atoms with Crippen LogP contribution in [0.3, 0.4) is 0 Å². The standard InChI is InChI=1S/C56H39N3/c1-56(2)48-22-12-9-19-42(48)43-30-29-41(33-49(43)56)58-51-23-13-10-20-44(51)46-34-47-45-21-11-14-24-52(45)59(54(47)35-53(46)58)55-32-40(31-50(57-55)39-17-7-4-8-18-39)38-27-25-37(26-28-38)36-15-5-3-6-16-36/h3-35H,1-2H3. The van der Waals surface area contributed by atoms with E-state index in [-0.39, 0.29) is 5.41 Å². The highest BCUT2D eigenvalue weighted by Crippen LogP contribution is 2.50. The molecule has 1 aliphatic rings. The largest absolute Gasteiger partial charge is 0.309 e. The maximum atomic E-state index is 5.47. The molecular weight excluding hydrogens is 715 g/mol. The van der Waals surface area contributed by atoms with Crippen LogP contribution in [-0.4, -0.2) is 14.1 Å². The molecule has 0 spiro atoms. The number of para-hydroxylation sites is 2. The fourth-order valence-electron chi connectivity index (χ4n) is 9.83. The molecule has 0 atom stereocenters. The lowest BCUT2D eigenvalue weighted by atomic mass is 9.82. The van der Waals surface area contributed by atoms with Crippen molar-refractivity contribution in [2.45, 2.75) is 19.3 Å². The van der Waals surface area contributed by atoms with Crippen LogP contribution in [0.1, 0.15) is 25.0 Å². The van der Waals surface area contributed by atoms with Crippen LogP contribution in [0, 0.1) is 0 Å². The molecule has 12 rings (SSSR count). The van der Waals surface area contributed by atoms with Crippen LogP contribution in [-0.2, 0) is 5.41 Å². The van der Waals surface area contributed by atoms with Gasteiger partial charge in [0.1, 0.15) is 5.82 Å². The Labute approximate surface area is 343 Å². The van der Waals surface area contributed by atoms with Gasteiger partial charge in [0.05, 0.1) is 27.8 Å². The van der Waals surface area contributed by atoms with Crippen molar-refractivity contribution in [2.24, 2.45) is 0 Å². The Kier molecular flexibility index (Phi) is 7.27. The van der Waals surface area contributed by atoms with Crippen LogP contribution >= 0.6 is 0 Å². The van der Waals surface area contributed by atoms with Crippen LogP contribution in [0.5, 0.6) is 0 Å². The number of fused-ring (bicyclic) bond motifs is 9. The molecule has 0 fully saturated rings. The first-order valence-corrected chi connectivity index (χ1v) is 20.5. The van der Waals surface area contributed by atoms with Crippen LogP contribution in [0.15, 0.2) is 200 Å². The number of benzene rings is 8. The Bertz CT molecular complexity index is 3440. The van der Waals surface area contributed by atoms with Gasteiger partial charge in [0.2, 0.25) is 0 Å². The van der Waals surface area contributed by atoms with Crippen molar-refractivity contribution in [1.82, 2.24) is 14.1 Å². The Morgan fingerprint density at radius 3 is 1.61 bits per heavy atom. The Morgan fingerprint density at radius 1 is 0.356 bits per heavy atom. The van der Waals surface area contributed by atoms with Crippen LogP contribution in [0.2, 0.25) is 0 Å². The summed E-state index contributed by atoms with van der Waals surface area (Å²) >= 11 is 0. The second-order valence-corrected chi connectivity index (χ2v) is 16.4. The maximum Gasteiger partial charge on any atom is 0.138 e. The summed E-state index contributed by atoms with van der Waals surface area (Å²) in [7, 11) is 0. The van der Waals surface area contributed by atoms with Crippen molar-refractivity contribution < 1.29 is 0 Å². The molecule has 3 aromatic heterocycles. The van der Waals surface area contributed by atoms with Gasteiger partial charge in [0, 0.05) is 38.2 Å². The molecular formula is C56H39N3. The number of nitrogens with zero attached hydrogens (tertiary/aromatic N) is 3. The second kappa shape index (κ2) is 12.8. The molecule has 278 valence electrons. The van der Waals surface area contributed by atoms with E-state index in [9.17, 15) is 0 Å². The quantitative estimate of drug-likeness (QED) is 0.172. The summed E-state index contributed by atoms with van der Waals surface area (Å²) in [5.74, 6) is 0.888. The van der Waals surface area contributed by atoms with Crippen molar-refractivity contribution in [3.63, 3.8) is 0 Å². The van der Waals surface area contributed by atoms with E-state index < -0.39 is 0 Å². The van der Waals surface area contributed by atoms with E-state index in [0.717, 1.165) is 39.2 Å². The van der Waals surface area contributed by atoms with E-state index in [1.165, 1.54) is 71.6 Å². The van der Waals surface area contributed by atoms with Crippen LogP contribution in [0.25, 0.3) is 99.8 Å². The van der Waals surface area contributed by atoms with Crippen molar-refractivity contribution in [2.75, 3.05) is 0 Å². The molecule has 0 amide bonds. The topological polar surface area (TPSA) is 22.8 Å². The minimum atomic E-state index is -0.102. The average Bonchev–Trinajstić information content (AvgIpc) is 3.88. The fraction of sp³-hybridized carbons (Fsp3) is 0.0536. The highest BCUT2D eigenvalue weighted by Gasteiger charge is 2.35. The van der Waals surface area contributed by atoms with E-state index >= 15 is 0 Å². The lowest BCUT2D eigenvalue weighted by Gasteiger charge is -2.22. The predicted molar refractivity (Wildman–Crippen MR) is 247 cm³/mol. The number of hydrogen-bond acceptors (Lipinski definition) is 1. The molecule has 0 N–H and O–H groups in total. The second-order valence-electron chi connectivity index (χ2n) is 16.4. The van der Waals surface area contributed by atoms with Gasteiger partial charge >= 0.3 is 0 Å². The molecule has 0 saturated carbocycles. The first-order valence-electron chi connectivity index (χ1n) is 20.5. The van der Waals surface area contributed by atoms with E-state index in [0.29, 0.717) is 0 Å². The third kappa shape index (κ3) is 5.11. The Hall–Kier alpha value is -7.49. The molecule has 0 saturated heterocycles. The summed E-state index contributed by atoms with van der Waals surface area (Å²) in [5, 5.41) is 4.90. The van der Waals surface area contributed by atoms with Gasteiger partial charge < -0.3 is 4.57 Å². The SMILES string of the molecule is CC1(C)c2ccccc2-c2ccc(-n3c4ccccc4c4cc5c6ccccc6n(-c6cc(-c7ccc(-c8ccccc8)cc7)cc(-c7ccccc7)n6)c5cc43)cc21. The van der Waals surface area contributed by atoms with E-state index in [1.807, 2.05) is 0 Å². The molecule has 3 nitrogen and oxygen atoms in total. The first-order chi connectivity index (χ1) is 29.0. The zero-order chi connectivity index (χ0) is 39.2. The zero-order valence-corrected chi connectivity index (χ0v) is 32.9. The molecule has 0 unspecified atom stereocenters. The summed E-state index contributed by atoms with van der Waals surface area (Å²) in [6.45, 7) is 4.72. The molecule has 3 heterocycles. The third-order valence-electron chi connectivity index (χ3n) is 12.7.